The van der Waals surface area contributed by atoms with E-state index >= 15 is 0 Å². The molecule has 2 N–H and O–H groups in total. The van der Waals surface area contributed by atoms with Gasteiger partial charge in [0.05, 0.1) is 13.7 Å². The van der Waals surface area contributed by atoms with E-state index in [2.05, 4.69) is 41.5 Å². The summed E-state index contributed by atoms with van der Waals surface area (Å²) in [5.41, 5.74) is 1.17. The van der Waals surface area contributed by atoms with Crippen LogP contribution in [0.3, 0.4) is 0 Å². The Morgan fingerprint density at radius 3 is 2.48 bits per heavy atom. The summed E-state index contributed by atoms with van der Waals surface area (Å²) in [6, 6.07) is 8.00. The first-order valence-corrected chi connectivity index (χ1v) is 7.45. The van der Waals surface area contributed by atoms with Gasteiger partial charge in [-0.2, -0.15) is 0 Å². The summed E-state index contributed by atoms with van der Waals surface area (Å²) >= 11 is 0. The van der Waals surface area contributed by atoms with Gasteiger partial charge in [-0.15, -0.1) is 0 Å². The molecule has 0 amide bonds. The zero-order chi connectivity index (χ0) is 15.5. The van der Waals surface area contributed by atoms with Gasteiger partial charge in [-0.1, -0.05) is 12.1 Å². The maximum absolute atomic E-state index is 5.15. The van der Waals surface area contributed by atoms with E-state index < -0.39 is 0 Å². The molecule has 1 aromatic carbocycles. The quantitative estimate of drug-likeness (QED) is 0.435. The second-order valence-corrected chi connectivity index (χ2v) is 5.13. The Kier molecular flexibility index (Phi) is 8.28. The van der Waals surface area contributed by atoms with Gasteiger partial charge in [-0.25, -0.2) is 4.99 Å². The van der Waals surface area contributed by atoms with Crippen LogP contribution in [0, 0.1) is 0 Å². The summed E-state index contributed by atoms with van der Waals surface area (Å²) in [7, 11) is 5.85. The van der Waals surface area contributed by atoms with Crippen LogP contribution < -0.4 is 15.4 Å². The second kappa shape index (κ2) is 10.0. The van der Waals surface area contributed by atoms with E-state index in [-0.39, 0.29) is 0 Å². The van der Waals surface area contributed by atoms with Gasteiger partial charge in [0.25, 0.3) is 0 Å². The van der Waals surface area contributed by atoms with Crippen LogP contribution in [0.4, 0.5) is 0 Å². The summed E-state index contributed by atoms with van der Waals surface area (Å²) < 4.78 is 5.15. The first-order valence-electron chi connectivity index (χ1n) is 7.45. The van der Waals surface area contributed by atoms with Crippen molar-refractivity contribution in [2.24, 2.45) is 4.99 Å². The van der Waals surface area contributed by atoms with Crippen molar-refractivity contribution in [3.05, 3.63) is 29.8 Å². The Hall–Kier alpha value is -1.75. The molecule has 0 aromatic heterocycles. The Morgan fingerprint density at radius 2 is 1.90 bits per heavy atom. The lowest BCUT2D eigenvalue weighted by atomic mass is 10.2. The number of methoxy groups -OCH3 is 1. The number of hydrogen-bond acceptors (Lipinski definition) is 3. The Morgan fingerprint density at radius 1 is 1.19 bits per heavy atom. The van der Waals surface area contributed by atoms with Gasteiger partial charge in [0.1, 0.15) is 5.75 Å². The standard InChI is InChI=1S/C16H28N4O/c1-5-17-16(18-11-6-12-20(2)3)19-13-14-7-9-15(21-4)10-8-14/h7-10H,5-6,11-13H2,1-4H3,(H2,17,18,19). The molecular weight excluding hydrogens is 264 g/mol. The van der Waals surface area contributed by atoms with Gasteiger partial charge in [-0.3, -0.25) is 0 Å². The molecule has 0 saturated heterocycles. The minimum atomic E-state index is 0.660. The molecule has 118 valence electrons. The van der Waals surface area contributed by atoms with Crippen molar-refractivity contribution >= 4 is 5.96 Å². The van der Waals surface area contributed by atoms with Crippen LogP contribution in [0.25, 0.3) is 0 Å². The molecule has 0 atom stereocenters. The lowest BCUT2D eigenvalue weighted by Gasteiger charge is -2.13. The highest BCUT2D eigenvalue weighted by atomic mass is 16.5. The monoisotopic (exact) mass is 292 g/mol. The van der Waals surface area contributed by atoms with Gasteiger partial charge in [-0.05, 0) is 51.7 Å². The fourth-order valence-corrected chi connectivity index (χ4v) is 1.85. The third-order valence-corrected chi connectivity index (χ3v) is 3.00. The van der Waals surface area contributed by atoms with Crippen LogP contribution in [0.5, 0.6) is 5.75 Å². The summed E-state index contributed by atoms with van der Waals surface area (Å²) in [5, 5.41) is 6.62. The zero-order valence-corrected chi connectivity index (χ0v) is 13.6. The molecule has 0 saturated carbocycles. The number of aliphatic imine (C=N–C) groups is 1. The van der Waals surface area contributed by atoms with E-state index in [1.54, 1.807) is 7.11 Å². The van der Waals surface area contributed by atoms with Crippen molar-refractivity contribution in [3.63, 3.8) is 0 Å². The van der Waals surface area contributed by atoms with Gasteiger partial charge in [0.15, 0.2) is 5.96 Å². The molecule has 0 fully saturated rings. The smallest absolute Gasteiger partial charge is 0.191 e. The summed E-state index contributed by atoms with van der Waals surface area (Å²) in [6.45, 7) is 5.59. The van der Waals surface area contributed by atoms with Crippen LogP contribution in [0.2, 0.25) is 0 Å². The lowest BCUT2D eigenvalue weighted by Crippen LogP contribution is -2.38. The molecular formula is C16H28N4O. The number of nitrogens with one attached hydrogen (secondary N) is 2. The highest BCUT2D eigenvalue weighted by molar-refractivity contribution is 5.79. The molecule has 0 aliphatic heterocycles. The number of rotatable bonds is 8. The molecule has 0 radical (unpaired) electrons. The van der Waals surface area contributed by atoms with Crippen molar-refractivity contribution in [1.82, 2.24) is 15.5 Å². The Labute approximate surface area is 128 Å². The van der Waals surface area contributed by atoms with Crippen LogP contribution in [-0.2, 0) is 6.54 Å². The lowest BCUT2D eigenvalue weighted by molar-refractivity contribution is 0.399. The van der Waals surface area contributed by atoms with E-state index in [1.165, 1.54) is 5.56 Å². The molecule has 0 aliphatic rings. The summed E-state index contributed by atoms with van der Waals surface area (Å²) in [4.78, 5) is 6.78. The predicted octanol–water partition coefficient (Wildman–Crippen LogP) is 1.70. The minimum Gasteiger partial charge on any atom is -0.497 e. The first kappa shape index (κ1) is 17.3. The Balaban J connectivity index is 2.45. The van der Waals surface area contributed by atoms with Gasteiger partial charge >= 0.3 is 0 Å². The minimum absolute atomic E-state index is 0.660. The molecule has 0 heterocycles. The number of guanidine groups is 1. The van der Waals surface area contributed by atoms with Gasteiger partial charge < -0.3 is 20.3 Å². The van der Waals surface area contributed by atoms with Gasteiger partial charge in [0.2, 0.25) is 0 Å². The number of ether oxygens (including phenoxy) is 1. The second-order valence-electron chi connectivity index (χ2n) is 5.13. The number of benzene rings is 1. The van der Waals surface area contributed by atoms with E-state index in [4.69, 9.17) is 4.74 Å². The third kappa shape index (κ3) is 7.56. The normalized spacial score (nSPS) is 11.6. The molecule has 1 aromatic rings. The molecule has 21 heavy (non-hydrogen) atoms. The summed E-state index contributed by atoms with van der Waals surface area (Å²) in [5.74, 6) is 1.74. The number of nitrogens with zero attached hydrogens (tertiary/aromatic N) is 2. The average molecular weight is 292 g/mol. The summed E-state index contributed by atoms with van der Waals surface area (Å²) in [6.07, 6.45) is 1.10. The topological polar surface area (TPSA) is 48.9 Å². The van der Waals surface area contributed by atoms with Crippen LogP contribution in [-0.4, -0.2) is 51.7 Å². The van der Waals surface area contributed by atoms with Crippen molar-refractivity contribution < 1.29 is 4.74 Å². The van der Waals surface area contributed by atoms with E-state index in [0.29, 0.717) is 6.54 Å². The molecule has 5 nitrogen and oxygen atoms in total. The van der Waals surface area contributed by atoms with Crippen LogP contribution in [0.1, 0.15) is 18.9 Å². The van der Waals surface area contributed by atoms with Crippen molar-refractivity contribution in [2.45, 2.75) is 19.9 Å². The molecule has 5 heteroatoms. The van der Waals surface area contributed by atoms with E-state index in [0.717, 1.165) is 37.8 Å². The Bertz CT molecular complexity index is 415. The first-order chi connectivity index (χ1) is 10.2. The van der Waals surface area contributed by atoms with Gasteiger partial charge in [0, 0.05) is 13.1 Å². The predicted molar refractivity (Wildman–Crippen MR) is 89.0 cm³/mol. The molecule has 0 spiro atoms. The number of hydrogen-bond donors (Lipinski definition) is 2. The highest BCUT2D eigenvalue weighted by Crippen LogP contribution is 2.11. The van der Waals surface area contributed by atoms with E-state index in [9.17, 15) is 0 Å². The molecule has 1 rings (SSSR count). The third-order valence-electron chi connectivity index (χ3n) is 3.00. The van der Waals surface area contributed by atoms with E-state index in [1.807, 2.05) is 24.3 Å². The fraction of sp³-hybridized carbons (Fsp3) is 0.562. The SMILES string of the molecule is CCNC(=NCc1ccc(OC)cc1)NCCCN(C)C. The largest absolute Gasteiger partial charge is 0.497 e. The maximum atomic E-state index is 5.15. The molecule has 0 bridgehead atoms. The zero-order valence-electron chi connectivity index (χ0n) is 13.6. The molecule has 0 unspecified atom stereocenters. The van der Waals surface area contributed by atoms with Crippen LogP contribution >= 0.6 is 0 Å². The van der Waals surface area contributed by atoms with Crippen LogP contribution in [0.15, 0.2) is 29.3 Å². The van der Waals surface area contributed by atoms with Crippen molar-refractivity contribution in [3.8, 4) is 5.75 Å². The van der Waals surface area contributed by atoms with Crippen molar-refractivity contribution in [1.29, 1.82) is 0 Å². The molecule has 0 aliphatic carbocycles. The highest BCUT2D eigenvalue weighted by Gasteiger charge is 1.98. The fourth-order valence-electron chi connectivity index (χ4n) is 1.85. The maximum Gasteiger partial charge on any atom is 0.191 e. The van der Waals surface area contributed by atoms with Crippen molar-refractivity contribution in [2.75, 3.05) is 40.8 Å². The average Bonchev–Trinajstić information content (AvgIpc) is 2.49.